The van der Waals surface area contributed by atoms with E-state index in [1.54, 1.807) is 0 Å². The summed E-state index contributed by atoms with van der Waals surface area (Å²) in [6.45, 7) is 3.46. The van der Waals surface area contributed by atoms with Gasteiger partial charge in [0.2, 0.25) is 0 Å². The van der Waals surface area contributed by atoms with Crippen LogP contribution in [0.3, 0.4) is 0 Å². The molecule has 0 aromatic rings. The summed E-state index contributed by atoms with van der Waals surface area (Å²) in [5, 5.41) is 0. The van der Waals surface area contributed by atoms with Crippen LogP contribution in [0.15, 0.2) is 12.4 Å². The maximum atomic E-state index is 11.0. The molecule has 1 heterocycles. The Bertz CT molecular complexity index is 231. The van der Waals surface area contributed by atoms with Gasteiger partial charge in [-0.2, -0.15) is 0 Å². The van der Waals surface area contributed by atoms with Crippen LogP contribution < -0.4 is 0 Å². The number of nitrogens with zero attached hydrogens (tertiary/aromatic N) is 2. The summed E-state index contributed by atoms with van der Waals surface area (Å²) in [6.07, 6.45) is 5.09. The predicted molar refractivity (Wildman–Crippen MR) is 55.8 cm³/mol. The van der Waals surface area contributed by atoms with Gasteiger partial charge >= 0.3 is 6.16 Å². The highest BCUT2D eigenvalue weighted by molar-refractivity contribution is 5.59. The average Bonchev–Trinajstić information content (AvgIpc) is 2.62. The van der Waals surface area contributed by atoms with E-state index in [4.69, 9.17) is 9.47 Å². The fourth-order valence-corrected chi connectivity index (χ4v) is 1.15. The van der Waals surface area contributed by atoms with Gasteiger partial charge in [0.05, 0.1) is 13.3 Å². The first-order chi connectivity index (χ1) is 7.22. The molecule has 0 spiro atoms. The Morgan fingerprint density at radius 2 is 2.20 bits per heavy atom. The molecule has 0 unspecified atom stereocenters. The Morgan fingerprint density at radius 1 is 1.40 bits per heavy atom. The predicted octanol–water partition coefficient (Wildman–Crippen LogP) is 1.57. The Balaban J connectivity index is 2.04. The van der Waals surface area contributed by atoms with Crippen LogP contribution >= 0.6 is 0 Å². The van der Waals surface area contributed by atoms with Crippen molar-refractivity contribution in [1.29, 1.82) is 0 Å². The van der Waals surface area contributed by atoms with Gasteiger partial charge in [0, 0.05) is 19.4 Å². The van der Waals surface area contributed by atoms with Crippen molar-refractivity contribution in [2.24, 2.45) is 0 Å². The largest absolute Gasteiger partial charge is 0.510 e. The molecule has 0 aliphatic carbocycles. The lowest BCUT2D eigenvalue weighted by molar-refractivity contribution is 0.0220. The van der Waals surface area contributed by atoms with Crippen molar-refractivity contribution in [2.45, 2.75) is 19.8 Å². The first-order valence-corrected chi connectivity index (χ1v) is 5.14. The van der Waals surface area contributed by atoms with E-state index >= 15 is 0 Å². The van der Waals surface area contributed by atoms with Crippen molar-refractivity contribution >= 4 is 6.16 Å². The second-order valence-corrected chi connectivity index (χ2v) is 3.51. The van der Waals surface area contributed by atoms with Gasteiger partial charge in [-0.15, -0.1) is 0 Å². The van der Waals surface area contributed by atoms with Gasteiger partial charge in [0.25, 0.3) is 0 Å². The molecule has 5 nitrogen and oxygen atoms in total. The van der Waals surface area contributed by atoms with E-state index < -0.39 is 6.16 Å². The Hall–Kier alpha value is -1.39. The molecule has 0 aromatic carbocycles. The molecule has 1 rings (SSSR count). The maximum Gasteiger partial charge on any atom is 0.510 e. The highest BCUT2D eigenvalue weighted by atomic mass is 16.7. The van der Waals surface area contributed by atoms with E-state index in [2.05, 4.69) is 0 Å². The highest BCUT2D eigenvalue weighted by Gasteiger charge is 2.10. The minimum Gasteiger partial charge on any atom is -0.434 e. The molecule has 0 atom stereocenters. The smallest absolute Gasteiger partial charge is 0.434 e. The van der Waals surface area contributed by atoms with E-state index in [0.717, 1.165) is 19.5 Å². The number of rotatable bonds is 5. The van der Waals surface area contributed by atoms with Gasteiger partial charge in [-0.1, -0.05) is 13.3 Å². The van der Waals surface area contributed by atoms with Crippen molar-refractivity contribution in [1.82, 2.24) is 9.80 Å². The lowest BCUT2D eigenvalue weighted by Crippen LogP contribution is -2.26. The first-order valence-electron chi connectivity index (χ1n) is 5.14. The van der Waals surface area contributed by atoms with E-state index in [-0.39, 0.29) is 6.73 Å². The molecule has 0 radical (unpaired) electrons. The zero-order chi connectivity index (χ0) is 11.1. The van der Waals surface area contributed by atoms with E-state index in [9.17, 15) is 4.79 Å². The first kappa shape index (κ1) is 11.7. The van der Waals surface area contributed by atoms with Crippen LogP contribution in [0.2, 0.25) is 0 Å². The van der Waals surface area contributed by atoms with Crippen molar-refractivity contribution in [3.8, 4) is 0 Å². The van der Waals surface area contributed by atoms with Gasteiger partial charge in [0.1, 0.15) is 0 Å². The van der Waals surface area contributed by atoms with Crippen LogP contribution in [-0.2, 0) is 9.47 Å². The highest BCUT2D eigenvalue weighted by Crippen LogP contribution is 2.03. The summed E-state index contributed by atoms with van der Waals surface area (Å²) in [4.78, 5) is 14.9. The third kappa shape index (κ3) is 4.58. The normalized spacial score (nSPS) is 14.5. The average molecular weight is 214 g/mol. The summed E-state index contributed by atoms with van der Waals surface area (Å²) in [6, 6.07) is 0. The molecular weight excluding hydrogens is 196 g/mol. The summed E-state index contributed by atoms with van der Waals surface area (Å²) in [7, 11) is 1.95. The van der Waals surface area contributed by atoms with Crippen molar-refractivity contribution in [3.05, 3.63) is 12.4 Å². The number of carbonyl (C=O) groups excluding carboxylic acids is 1. The van der Waals surface area contributed by atoms with Gasteiger partial charge in [-0.25, -0.2) is 4.79 Å². The zero-order valence-corrected chi connectivity index (χ0v) is 9.31. The van der Waals surface area contributed by atoms with Crippen molar-refractivity contribution < 1.29 is 14.3 Å². The molecule has 0 fully saturated rings. The molecule has 0 amide bonds. The fraction of sp³-hybridized carbons (Fsp3) is 0.700. The monoisotopic (exact) mass is 214 g/mol. The standard InChI is InChI=1S/C10H18N2O3/c1-3-4-7-14-10(13)15-9-12-6-5-11(2)8-12/h5-6H,3-4,7-9H2,1-2H3. The van der Waals surface area contributed by atoms with Gasteiger partial charge in [-0.05, 0) is 6.42 Å². The quantitative estimate of drug-likeness (QED) is 0.513. The van der Waals surface area contributed by atoms with Crippen molar-refractivity contribution in [3.63, 3.8) is 0 Å². The van der Waals surface area contributed by atoms with Crippen LogP contribution in [0.1, 0.15) is 19.8 Å². The van der Waals surface area contributed by atoms with Gasteiger partial charge in [0.15, 0.2) is 6.73 Å². The van der Waals surface area contributed by atoms with E-state index in [0.29, 0.717) is 6.61 Å². The molecule has 0 bridgehead atoms. The second kappa shape index (κ2) is 6.16. The molecule has 0 saturated heterocycles. The van der Waals surface area contributed by atoms with E-state index in [1.807, 2.05) is 36.2 Å². The second-order valence-electron chi connectivity index (χ2n) is 3.51. The number of ether oxygens (including phenoxy) is 2. The summed E-state index contributed by atoms with van der Waals surface area (Å²) >= 11 is 0. The minimum atomic E-state index is -0.591. The van der Waals surface area contributed by atoms with Crippen LogP contribution in [0.25, 0.3) is 0 Å². The molecule has 1 aliphatic heterocycles. The Kier molecular flexibility index (Phi) is 4.80. The molecule has 0 N–H and O–H groups in total. The van der Waals surface area contributed by atoms with Gasteiger partial charge in [-0.3, -0.25) is 0 Å². The molecule has 15 heavy (non-hydrogen) atoms. The van der Waals surface area contributed by atoms with Crippen LogP contribution in [0, 0.1) is 0 Å². The summed E-state index contributed by atoms with van der Waals surface area (Å²) in [5.41, 5.74) is 0. The van der Waals surface area contributed by atoms with Gasteiger partial charge < -0.3 is 19.3 Å². The third-order valence-corrected chi connectivity index (χ3v) is 2.00. The van der Waals surface area contributed by atoms with Crippen LogP contribution in [0.4, 0.5) is 4.79 Å². The summed E-state index contributed by atoms with van der Waals surface area (Å²) < 4.78 is 9.75. The van der Waals surface area contributed by atoms with Crippen molar-refractivity contribution in [2.75, 3.05) is 27.1 Å². The number of carbonyl (C=O) groups is 1. The lowest BCUT2D eigenvalue weighted by Gasteiger charge is -2.17. The number of hydrogen-bond donors (Lipinski definition) is 0. The number of unbranched alkanes of at least 4 members (excludes halogenated alkanes) is 1. The SMILES string of the molecule is CCCCOC(=O)OCN1C=CN(C)C1. The third-order valence-electron chi connectivity index (χ3n) is 2.00. The molecule has 1 aliphatic rings. The molecular formula is C10H18N2O3. The lowest BCUT2D eigenvalue weighted by atomic mass is 10.4. The molecule has 86 valence electrons. The summed E-state index contributed by atoms with van der Waals surface area (Å²) in [5.74, 6) is 0. The Labute approximate surface area is 90.2 Å². The van der Waals surface area contributed by atoms with Crippen LogP contribution in [0.5, 0.6) is 0 Å². The molecule has 0 aromatic heterocycles. The number of hydrogen-bond acceptors (Lipinski definition) is 5. The maximum absolute atomic E-state index is 11.0. The Morgan fingerprint density at radius 3 is 2.80 bits per heavy atom. The van der Waals surface area contributed by atoms with E-state index in [1.165, 1.54) is 0 Å². The zero-order valence-electron chi connectivity index (χ0n) is 9.31. The molecule has 0 saturated carbocycles. The minimum absolute atomic E-state index is 0.242. The molecule has 5 heteroatoms. The van der Waals surface area contributed by atoms with Crippen LogP contribution in [-0.4, -0.2) is 43.0 Å². The fourth-order valence-electron chi connectivity index (χ4n) is 1.15. The topological polar surface area (TPSA) is 42.0 Å².